The van der Waals surface area contributed by atoms with Crippen LogP contribution in [0.2, 0.25) is 0 Å². The molecule has 0 aliphatic carbocycles. The van der Waals surface area contributed by atoms with Crippen LogP contribution in [0, 0.1) is 11.6 Å². The van der Waals surface area contributed by atoms with E-state index in [1.807, 2.05) is 0 Å². The summed E-state index contributed by atoms with van der Waals surface area (Å²) >= 11 is 0. The molecular weight excluding hydrogens is 344 g/mol. The Labute approximate surface area is 147 Å². The summed E-state index contributed by atoms with van der Waals surface area (Å²) < 4.78 is 33.9. The molecule has 134 valence electrons. The third-order valence-corrected chi connectivity index (χ3v) is 3.73. The summed E-state index contributed by atoms with van der Waals surface area (Å²) in [7, 11) is 1.36. The number of hydrogen-bond acceptors (Lipinski definition) is 5. The Hall–Kier alpha value is -3.42. The van der Waals surface area contributed by atoms with Crippen LogP contribution in [-0.2, 0) is 6.54 Å². The summed E-state index contributed by atoms with van der Waals surface area (Å²) in [6.45, 7) is -0.0208. The van der Waals surface area contributed by atoms with E-state index in [2.05, 4.69) is 10.3 Å². The van der Waals surface area contributed by atoms with Crippen molar-refractivity contribution in [2.75, 3.05) is 12.4 Å². The number of nitrogens with zero attached hydrogens (tertiary/aromatic N) is 2. The van der Waals surface area contributed by atoms with Crippen molar-refractivity contribution in [2.24, 2.45) is 0 Å². The fraction of sp³-hybridized carbons (Fsp3) is 0.111. The SMILES string of the molecule is COc1cc(-n2cc(F)c(NCc3ccccc3F)nc2=O)ccc1O. The van der Waals surface area contributed by atoms with Crippen molar-refractivity contribution in [3.05, 3.63) is 76.3 Å². The fourth-order valence-corrected chi connectivity index (χ4v) is 2.38. The highest BCUT2D eigenvalue weighted by Gasteiger charge is 2.12. The van der Waals surface area contributed by atoms with E-state index in [1.54, 1.807) is 18.2 Å². The summed E-state index contributed by atoms with van der Waals surface area (Å²) in [5.41, 5.74) is -0.145. The first kappa shape index (κ1) is 17.4. The monoisotopic (exact) mass is 359 g/mol. The van der Waals surface area contributed by atoms with Gasteiger partial charge >= 0.3 is 5.69 Å². The lowest BCUT2D eigenvalue weighted by molar-refractivity contribution is 0.373. The minimum atomic E-state index is -0.784. The number of aromatic nitrogens is 2. The molecule has 0 fully saturated rings. The van der Waals surface area contributed by atoms with Gasteiger partial charge in [-0.15, -0.1) is 0 Å². The molecule has 0 aliphatic rings. The normalized spacial score (nSPS) is 10.6. The van der Waals surface area contributed by atoms with Crippen molar-refractivity contribution in [2.45, 2.75) is 6.54 Å². The van der Waals surface area contributed by atoms with Crippen LogP contribution >= 0.6 is 0 Å². The molecule has 0 saturated heterocycles. The molecule has 1 aromatic heterocycles. The summed E-state index contributed by atoms with van der Waals surface area (Å²) in [5.74, 6) is -1.48. The second-order valence-corrected chi connectivity index (χ2v) is 5.39. The van der Waals surface area contributed by atoms with Gasteiger partial charge in [0.25, 0.3) is 0 Å². The molecule has 8 heteroatoms. The van der Waals surface area contributed by atoms with Crippen molar-refractivity contribution in [3.8, 4) is 17.2 Å². The van der Waals surface area contributed by atoms with Crippen LogP contribution in [0.15, 0.2) is 53.5 Å². The molecule has 0 aliphatic heterocycles. The highest BCUT2D eigenvalue weighted by Crippen LogP contribution is 2.27. The smallest absolute Gasteiger partial charge is 0.354 e. The number of hydrogen-bond donors (Lipinski definition) is 2. The third kappa shape index (κ3) is 3.49. The number of methoxy groups -OCH3 is 1. The number of aromatic hydroxyl groups is 1. The first-order valence-electron chi connectivity index (χ1n) is 7.63. The lowest BCUT2D eigenvalue weighted by Crippen LogP contribution is -2.23. The highest BCUT2D eigenvalue weighted by atomic mass is 19.1. The number of benzene rings is 2. The number of rotatable bonds is 5. The van der Waals surface area contributed by atoms with Gasteiger partial charge in [-0.1, -0.05) is 18.2 Å². The van der Waals surface area contributed by atoms with Crippen LogP contribution in [0.1, 0.15) is 5.56 Å². The van der Waals surface area contributed by atoms with Gasteiger partial charge in [-0.25, -0.2) is 13.6 Å². The van der Waals surface area contributed by atoms with Gasteiger partial charge in [-0.2, -0.15) is 4.98 Å². The second-order valence-electron chi connectivity index (χ2n) is 5.39. The van der Waals surface area contributed by atoms with Crippen molar-refractivity contribution >= 4 is 5.82 Å². The molecule has 0 radical (unpaired) electrons. The number of nitrogens with one attached hydrogen (secondary N) is 1. The molecule has 0 amide bonds. The van der Waals surface area contributed by atoms with Gasteiger partial charge in [0, 0.05) is 18.2 Å². The molecule has 2 N–H and O–H groups in total. The van der Waals surface area contributed by atoms with E-state index in [0.717, 1.165) is 10.8 Å². The standard InChI is InChI=1S/C18H15F2N3O3/c1-26-16-8-12(6-7-15(16)24)23-10-14(20)17(22-18(23)25)21-9-11-4-2-3-5-13(11)19/h2-8,10,24H,9H2,1H3,(H,21,22,25). The van der Waals surface area contributed by atoms with Crippen LogP contribution in [0.3, 0.4) is 0 Å². The molecular formula is C18H15F2N3O3. The van der Waals surface area contributed by atoms with Gasteiger partial charge < -0.3 is 15.2 Å². The Balaban J connectivity index is 1.89. The van der Waals surface area contributed by atoms with Crippen molar-refractivity contribution in [1.29, 1.82) is 0 Å². The van der Waals surface area contributed by atoms with Crippen LogP contribution in [0.25, 0.3) is 5.69 Å². The Morgan fingerprint density at radius 3 is 2.69 bits per heavy atom. The van der Waals surface area contributed by atoms with E-state index < -0.39 is 17.3 Å². The molecule has 0 atom stereocenters. The van der Waals surface area contributed by atoms with Crippen molar-refractivity contribution in [1.82, 2.24) is 9.55 Å². The minimum Gasteiger partial charge on any atom is -0.504 e. The molecule has 0 bridgehead atoms. The van der Waals surface area contributed by atoms with Gasteiger partial charge in [0.2, 0.25) is 0 Å². The largest absolute Gasteiger partial charge is 0.504 e. The maximum absolute atomic E-state index is 14.3. The minimum absolute atomic E-state index is 0.0208. The lowest BCUT2D eigenvalue weighted by Gasteiger charge is -2.11. The first-order chi connectivity index (χ1) is 12.5. The van der Waals surface area contributed by atoms with E-state index >= 15 is 0 Å². The summed E-state index contributed by atoms with van der Waals surface area (Å²) in [6, 6.07) is 10.2. The Morgan fingerprint density at radius 1 is 1.19 bits per heavy atom. The van der Waals surface area contributed by atoms with Gasteiger partial charge in [0.1, 0.15) is 5.82 Å². The van der Waals surface area contributed by atoms with Gasteiger partial charge in [0.15, 0.2) is 23.1 Å². The summed E-state index contributed by atoms with van der Waals surface area (Å²) in [4.78, 5) is 15.9. The molecule has 3 aromatic rings. The molecule has 0 unspecified atom stereocenters. The van der Waals surface area contributed by atoms with E-state index in [1.165, 1.54) is 31.4 Å². The Bertz CT molecular complexity index is 1010. The number of halogens is 2. The zero-order valence-corrected chi connectivity index (χ0v) is 13.7. The molecule has 3 rings (SSSR count). The zero-order chi connectivity index (χ0) is 18.7. The summed E-state index contributed by atoms with van der Waals surface area (Å²) in [6.07, 6.45) is 0.963. The predicted molar refractivity (Wildman–Crippen MR) is 91.7 cm³/mol. The van der Waals surface area contributed by atoms with Gasteiger partial charge in [-0.3, -0.25) is 4.57 Å². The first-order valence-corrected chi connectivity index (χ1v) is 7.63. The van der Waals surface area contributed by atoms with E-state index in [9.17, 15) is 18.7 Å². The van der Waals surface area contributed by atoms with Crippen LogP contribution in [0.4, 0.5) is 14.6 Å². The van der Waals surface area contributed by atoms with E-state index in [-0.39, 0.29) is 29.5 Å². The third-order valence-electron chi connectivity index (χ3n) is 3.73. The molecule has 0 spiro atoms. The van der Waals surface area contributed by atoms with E-state index in [0.29, 0.717) is 5.56 Å². The van der Waals surface area contributed by atoms with Crippen molar-refractivity contribution in [3.63, 3.8) is 0 Å². The number of phenols is 1. The van der Waals surface area contributed by atoms with Crippen LogP contribution < -0.4 is 15.7 Å². The van der Waals surface area contributed by atoms with Crippen LogP contribution in [-0.4, -0.2) is 21.8 Å². The fourth-order valence-electron chi connectivity index (χ4n) is 2.38. The summed E-state index contributed by atoms with van der Waals surface area (Å²) in [5, 5.41) is 12.2. The van der Waals surface area contributed by atoms with Gasteiger partial charge in [0.05, 0.1) is 19.0 Å². The molecule has 2 aromatic carbocycles. The Kier molecular flexibility index (Phi) is 4.83. The van der Waals surface area contributed by atoms with Crippen molar-refractivity contribution < 1.29 is 18.6 Å². The Morgan fingerprint density at radius 2 is 1.96 bits per heavy atom. The average molecular weight is 359 g/mol. The highest BCUT2D eigenvalue weighted by molar-refractivity contribution is 5.48. The number of phenolic OH excluding ortho intramolecular Hbond substituents is 1. The molecule has 6 nitrogen and oxygen atoms in total. The maximum atomic E-state index is 14.3. The number of ether oxygens (including phenoxy) is 1. The number of anilines is 1. The zero-order valence-electron chi connectivity index (χ0n) is 13.7. The maximum Gasteiger partial charge on any atom is 0.354 e. The average Bonchev–Trinajstić information content (AvgIpc) is 2.64. The van der Waals surface area contributed by atoms with Crippen LogP contribution in [0.5, 0.6) is 11.5 Å². The quantitative estimate of drug-likeness (QED) is 0.733. The second kappa shape index (κ2) is 7.22. The van der Waals surface area contributed by atoms with Gasteiger partial charge in [-0.05, 0) is 18.2 Å². The molecule has 0 saturated carbocycles. The predicted octanol–water partition coefficient (Wildman–Crippen LogP) is 2.84. The molecule has 26 heavy (non-hydrogen) atoms. The topological polar surface area (TPSA) is 76.4 Å². The van der Waals surface area contributed by atoms with E-state index in [4.69, 9.17) is 4.74 Å². The molecule has 1 heterocycles. The lowest BCUT2D eigenvalue weighted by atomic mass is 10.2.